The summed E-state index contributed by atoms with van der Waals surface area (Å²) in [7, 11) is 0. The van der Waals surface area contributed by atoms with E-state index in [0.29, 0.717) is 5.57 Å². The zero-order valence-electron chi connectivity index (χ0n) is 14.0. The van der Waals surface area contributed by atoms with Gasteiger partial charge in [0.25, 0.3) is 0 Å². The third-order valence-corrected chi connectivity index (χ3v) is 4.38. The van der Waals surface area contributed by atoms with Crippen molar-refractivity contribution in [2.45, 2.75) is 38.0 Å². The van der Waals surface area contributed by atoms with E-state index in [-0.39, 0.29) is 6.04 Å². The minimum atomic E-state index is -1.39. The summed E-state index contributed by atoms with van der Waals surface area (Å²) in [5.74, 6) is 0. The maximum atomic E-state index is 9.15. The standard InChI is InChI=1S/C17H32N4O2/c22-17(23)15-5-9-20-16(13-15)14-19-7-3-6-18-8-4-12-21-10-1-2-11-21/h5,9,13,16-20,22-23H,1-4,6-8,10-12,14H2. The van der Waals surface area contributed by atoms with Crippen molar-refractivity contribution in [2.24, 2.45) is 0 Å². The van der Waals surface area contributed by atoms with Gasteiger partial charge in [-0.1, -0.05) is 6.08 Å². The van der Waals surface area contributed by atoms with Gasteiger partial charge in [-0.25, -0.2) is 0 Å². The first-order valence-corrected chi connectivity index (χ1v) is 8.90. The summed E-state index contributed by atoms with van der Waals surface area (Å²) in [6.07, 6.45) is 9.01. The van der Waals surface area contributed by atoms with Crippen LogP contribution in [-0.4, -0.2) is 73.3 Å². The first kappa shape index (κ1) is 18.4. The molecule has 2 aliphatic rings. The Hall–Kier alpha value is -0.920. The fraction of sp³-hybridized carbons (Fsp3) is 0.765. The highest BCUT2D eigenvalue weighted by molar-refractivity contribution is 5.26. The van der Waals surface area contributed by atoms with Crippen LogP contribution in [0, 0.1) is 0 Å². The summed E-state index contributed by atoms with van der Waals surface area (Å²) in [6, 6.07) is 0.116. The van der Waals surface area contributed by atoms with Crippen LogP contribution < -0.4 is 16.0 Å². The highest BCUT2D eigenvalue weighted by Gasteiger charge is 2.12. The van der Waals surface area contributed by atoms with Crippen molar-refractivity contribution in [3.63, 3.8) is 0 Å². The Morgan fingerprint density at radius 3 is 2.65 bits per heavy atom. The summed E-state index contributed by atoms with van der Waals surface area (Å²) in [5.41, 5.74) is 0.551. The lowest BCUT2D eigenvalue weighted by molar-refractivity contribution is -0.00547. The van der Waals surface area contributed by atoms with Gasteiger partial charge in [-0.3, -0.25) is 0 Å². The molecule has 1 saturated heterocycles. The zero-order valence-corrected chi connectivity index (χ0v) is 14.0. The lowest BCUT2D eigenvalue weighted by Crippen LogP contribution is -2.37. The third-order valence-electron chi connectivity index (χ3n) is 4.38. The minimum absolute atomic E-state index is 0.116. The molecule has 0 aliphatic carbocycles. The van der Waals surface area contributed by atoms with Crippen LogP contribution in [0.1, 0.15) is 25.7 Å². The van der Waals surface area contributed by atoms with Gasteiger partial charge in [-0.05, 0) is 77.2 Å². The third kappa shape index (κ3) is 7.46. The SMILES string of the molecule is OC(O)C1=CC(CNCCCNCCCN2CCCC2)NC=C1. The second kappa shape index (κ2) is 10.8. The molecule has 1 atom stereocenters. The lowest BCUT2D eigenvalue weighted by atomic mass is 10.1. The summed E-state index contributed by atoms with van der Waals surface area (Å²) in [6.45, 7) is 7.71. The van der Waals surface area contributed by atoms with E-state index in [9.17, 15) is 0 Å². The first-order valence-electron chi connectivity index (χ1n) is 8.90. The average molecular weight is 324 g/mol. The van der Waals surface area contributed by atoms with Gasteiger partial charge in [0.05, 0.1) is 6.04 Å². The van der Waals surface area contributed by atoms with E-state index < -0.39 is 6.29 Å². The molecule has 2 aliphatic heterocycles. The molecule has 2 rings (SSSR count). The molecule has 0 aromatic carbocycles. The predicted octanol–water partition coefficient (Wildman–Crippen LogP) is -0.236. The van der Waals surface area contributed by atoms with E-state index in [1.54, 1.807) is 12.3 Å². The van der Waals surface area contributed by atoms with Gasteiger partial charge in [0.1, 0.15) is 0 Å². The smallest absolute Gasteiger partial charge is 0.178 e. The molecule has 0 aromatic heterocycles. The van der Waals surface area contributed by atoms with Crippen LogP contribution in [0.5, 0.6) is 0 Å². The summed E-state index contributed by atoms with van der Waals surface area (Å²) in [4.78, 5) is 2.56. The maximum Gasteiger partial charge on any atom is 0.178 e. The van der Waals surface area contributed by atoms with Gasteiger partial charge in [-0.2, -0.15) is 0 Å². The number of likely N-dealkylation sites (tertiary alicyclic amines) is 1. The molecule has 0 radical (unpaired) electrons. The van der Waals surface area contributed by atoms with E-state index in [2.05, 4.69) is 20.9 Å². The van der Waals surface area contributed by atoms with E-state index in [0.717, 1.165) is 32.6 Å². The number of aliphatic hydroxyl groups is 2. The Morgan fingerprint density at radius 2 is 1.87 bits per heavy atom. The van der Waals surface area contributed by atoms with Gasteiger partial charge in [0.15, 0.2) is 6.29 Å². The largest absolute Gasteiger partial charge is 0.383 e. The monoisotopic (exact) mass is 324 g/mol. The normalized spacial score (nSPS) is 21.7. The van der Waals surface area contributed by atoms with E-state index >= 15 is 0 Å². The molecule has 6 heteroatoms. The molecule has 0 spiro atoms. The molecule has 1 unspecified atom stereocenters. The molecule has 5 N–H and O–H groups in total. The summed E-state index contributed by atoms with van der Waals surface area (Å²) >= 11 is 0. The predicted molar refractivity (Wildman–Crippen MR) is 93.0 cm³/mol. The molecular formula is C17H32N4O2. The highest BCUT2D eigenvalue weighted by Crippen LogP contribution is 2.08. The minimum Gasteiger partial charge on any atom is -0.383 e. The van der Waals surface area contributed by atoms with Gasteiger partial charge < -0.3 is 31.1 Å². The van der Waals surface area contributed by atoms with Crippen molar-refractivity contribution >= 4 is 0 Å². The van der Waals surface area contributed by atoms with E-state index in [4.69, 9.17) is 10.2 Å². The van der Waals surface area contributed by atoms with Gasteiger partial charge in [0, 0.05) is 12.1 Å². The number of nitrogens with zero attached hydrogens (tertiary/aromatic N) is 1. The summed E-state index contributed by atoms with van der Waals surface area (Å²) < 4.78 is 0. The molecule has 0 aromatic rings. The Labute approximate surface area is 139 Å². The fourth-order valence-corrected chi connectivity index (χ4v) is 3.05. The number of nitrogens with one attached hydrogen (secondary N) is 3. The number of hydrogen-bond donors (Lipinski definition) is 5. The van der Waals surface area contributed by atoms with Gasteiger partial charge in [0.2, 0.25) is 0 Å². The molecule has 0 amide bonds. The van der Waals surface area contributed by atoms with Crippen molar-refractivity contribution in [1.29, 1.82) is 0 Å². The molecule has 23 heavy (non-hydrogen) atoms. The van der Waals surface area contributed by atoms with Crippen LogP contribution in [0.25, 0.3) is 0 Å². The number of aliphatic hydroxyl groups excluding tert-OH is 1. The summed E-state index contributed by atoms with van der Waals surface area (Å²) in [5, 5.41) is 28.4. The zero-order chi connectivity index (χ0) is 16.3. The molecule has 132 valence electrons. The van der Waals surface area contributed by atoms with Gasteiger partial charge in [-0.15, -0.1) is 0 Å². The molecule has 6 nitrogen and oxygen atoms in total. The fourth-order valence-electron chi connectivity index (χ4n) is 3.05. The lowest BCUT2D eigenvalue weighted by Gasteiger charge is -2.20. The van der Waals surface area contributed by atoms with Crippen molar-refractivity contribution in [3.8, 4) is 0 Å². The van der Waals surface area contributed by atoms with E-state index in [1.807, 2.05) is 6.08 Å². The molecule has 1 fully saturated rings. The number of rotatable bonds is 11. The van der Waals surface area contributed by atoms with Crippen LogP contribution in [0.4, 0.5) is 0 Å². The van der Waals surface area contributed by atoms with Crippen molar-refractivity contribution in [2.75, 3.05) is 45.8 Å². The molecular weight excluding hydrogens is 292 g/mol. The topological polar surface area (TPSA) is 79.8 Å². The second-order valence-electron chi connectivity index (χ2n) is 6.36. The molecule has 0 bridgehead atoms. The maximum absolute atomic E-state index is 9.15. The Morgan fingerprint density at radius 1 is 1.13 bits per heavy atom. The first-order chi connectivity index (χ1) is 11.3. The van der Waals surface area contributed by atoms with Crippen molar-refractivity contribution < 1.29 is 10.2 Å². The van der Waals surface area contributed by atoms with Gasteiger partial charge >= 0.3 is 0 Å². The van der Waals surface area contributed by atoms with Crippen LogP contribution in [0.3, 0.4) is 0 Å². The average Bonchev–Trinajstić information content (AvgIpc) is 3.07. The molecule has 2 heterocycles. The quantitative estimate of drug-likeness (QED) is 0.267. The van der Waals surface area contributed by atoms with E-state index in [1.165, 1.54) is 38.9 Å². The molecule has 0 saturated carbocycles. The highest BCUT2D eigenvalue weighted by atomic mass is 16.5. The Kier molecular flexibility index (Phi) is 8.63. The number of hydrogen-bond acceptors (Lipinski definition) is 6. The number of dihydropyridines is 1. The van der Waals surface area contributed by atoms with Crippen LogP contribution in [0.2, 0.25) is 0 Å². The van der Waals surface area contributed by atoms with Crippen LogP contribution >= 0.6 is 0 Å². The van der Waals surface area contributed by atoms with Crippen molar-refractivity contribution in [3.05, 3.63) is 23.9 Å². The van der Waals surface area contributed by atoms with Crippen molar-refractivity contribution in [1.82, 2.24) is 20.9 Å². The van der Waals surface area contributed by atoms with Crippen LogP contribution in [-0.2, 0) is 0 Å². The Bertz CT molecular complexity index is 379. The Balaban J connectivity index is 1.40. The van der Waals surface area contributed by atoms with Crippen LogP contribution in [0.15, 0.2) is 23.9 Å². The second-order valence-corrected chi connectivity index (χ2v) is 6.36.